The van der Waals surface area contributed by atoms with Crippen LogP contribution in [0.3, 0.4) is 0 Å². The minimum Gasteiger partial charge on any atom is -0.468 e. The van der Waals surface area contributed by atoms with Gasteiger partial charge in [-0.3, -0.25) is 9.59 Å². The van der Waals surface area contributed by atoms with E-state index in [1.54, 1.807) is 24.3 Å². The first kappa shape index (κ1) is 27.6. The Morgan fingerprint density at radius 2 is 1.35 bits per heavy atom. The number of rotatable bonds is 17. The lowest BCUT2D eigenvalue weighted by Gasteiger charge is -2.14. The van der Waals surface area contributed by atoms with Gasteiger partial charge in [0.15, 0.2) is 5.78 Å². The molecule has 0 aromatic heterocycles. The zero-order chi connectivity index (χ0) is 24.6. The third-order valence-corrected chi connectivity index (χ3v) is 5.38. The molecule has 0 radical (unpaired) electrons. The van der Waals surface area contributed by atoms with Gasteiger partial charge in [0.2, 0.25) is 0 Å². The van der Waals surface area contributed by atoms with Crippen LogP contribution in [-0.4, -0.2) is 58.5 Å². The summed E-state index contributed by atoms with van der Waals surface area (Å²) in [5.74, 6) is -2.05. The van der Waals surface area contributed by atoms with Crippen LogP contribution in [0.1, 0.15) is 41.3 Å². The molecule has 0 N–H and O–H groups in total. The van der Waals surface area contributed by atoms with Gasteiger partial charge in [-0.15, -0.1) is 0 Å². The normalized spacial score (nSPS) is 11.9. The summed E-state index contributed by atoms with van der Waals surface area (Å²) in [5, 5.41) is 0. The molecule has 2 aromatic rings. The van der Waals surface area contributed by atoms with Gasteiger partial charge in [0.05, 0.1) is 33.5 Å². The number of benzene rings is 2. The van der Waals surface area contributed by atoms with E-state index in [2.05, 4.69) is 0 Å². The Hall–Kier alpha value is -2.61. The van der Waals surface area contributed by atoms with Crippen LogP contribution in [0.4, 0.5) is 4.39 Å². The Kier molecular flexibility index (Phi) is 13.1. The smallest absolute Gasteiger partial charge is 0.316 e. The summed E-state index contributed by atoms with van der Waals surface area (Å²) in [6.07, 6.45) is 2.45. The summed E-state index contributed by atoms with van der Waals surface area (Å²) >= 11 is 0. The first-order valence-electron chi connectivity index (χ1n) is 11.7. The third kappa shape index (κ3) is 10.1. The Labute approximate surface area is 201 Å². The second-order valence-corrected chi connectivity index (χ2v) is 7.83. The molecule has 7 heteroatoms. The van der Waals surface area contributed by atoms with Crippen molar-refractivity contribution in [2.45, 2.75) is 32.6 Å². The number of esters is 1. The fourth-order valence-corrected chi connectivity index (χ4v) is 3.46. The highest BCUT2D eigenvalue weighted by Crippen LogP contribution is 2.19. The van der Waals surface area contributed by atoms with E-state index >= 15 is 0 Å². The van der Waals surface area contributed by atoms with Gasteiger partial charge in [0.25, 0.3) is 0 Å². The molecule has 0 saturated carbocycles. The number of carbonyl (C=O) groups excluding carboxylic acids is 2. The molecule has 1 unspecified atom stereocenters. The lowest BCUT2D eigenvalue weighted by Crippen LogP contribution is -2.26. The van der Waals surface area contributed by atoms with Crippen LogP contribution in [0.2, 0.25) is 0 Å². The summed E-state index contributed by atoms with van der Waals surface area (Å²) in [4.78, 5) is 25.2. The van der Waals surface area contributed by atoms with Crippen LogP contribution in [0.25, 0.3) is 0 Å². The van der Waals surface area contributed by atoms with Gasteiger partial charge in [-0.05, 0) is 55.9 Å². The highest BCUT2D eigenvalue weighted by Gasteiger charge is 2.28. The van der Waals surface area contributed by atoms with Crippen molar-refractivity contribution in [3.8, 4) is 0 Å². The number of ketones is 1. The molecule has 2 rings (SSSR count). The molecule has 0 spiro atoms. The summed E-state index contributed by atoms with van der Waals surface area (Å²) in [5.41, 5.74) is 2.42. The molecular formula is C27H35FO6. The Balaban J connectivity index is 1.76. The SMILES string of the molecule is CCOCCOCCOCCCc1ccc(C(=O)C(CCc2ccc(F)cc2)C(=O)OC)cc1. The summed E-state index contributed by atoms with van der Waals surface area (Å²) < 4.78 is 34.1. The zero-order valence-corrected chi connectivity index (χ0v) is 20.1. The molecule has 0 bridgehead atoms. The number of Topliss-reactive ketones (excluding diaryl/α,β-unsaturated/α-hetero) is 1. The van der Waals surface area contributed by atoms with E-state index in [4.69, 9.17) is 18.9 Å². The van der Waals surface area contributed by atoms with E-state index in [0.29, 0.717) is 58.0 Å². The van der Waals surface area contributed by atoms with Crippen molar-refractivity contribution < 1.29 is 32.9 Å². The molecule has 0 aliphatic carbocycles. The standard InChI is InChI=1S/C27H35FO6/c1-3-32-17-18-34-20-19-33-16-4-5-21-6-11-23(12-7-21)26(29)25(27(30)31-2)15-10-22-8-13-24(28)14-9-22/h6-9,11-14,25H,3-5,10,15-20H2,1-2H3. The average Bonchev–Trinajstić information content (AvgIpc) is 2.86. The number of hydrogen-bond donors (Lipinski definition) is 0. The summed E-state index contributed by atoms with van der Waals surface area (Å²) in [7, 11) is 1.28. The van der Waals surface area contributed by atoms with Gasteiger partial charge in [0.1, 0.15) is 11.7 Å². The largest absolute Gasteiger partial charge is 0.468 e. The first-order valence-corrected chi connectivity index (χ1v) is 11.7. The molecule has 0 saturated heterocycles. The zero-order valence-electron chi connectivity index (χ0n) is 20.1. The number of halogens is 1. The van der Waals surface area contributed by atoms with Crippen LogP contribution in [0, 0.1) is 11.7 Å². The van der Waals surface area contributed by atoms with Crippen LogP contribution < -0.4 is 0 Å². The van der Waals surface area contributed by atoms with Gasteiger partial charge < -0.3 is 18.9 Å². The second kappa shape index (κ2) is 16.1. The van der Waals surface area contributed by atoms with Crippen molar-refractivity contribution in [1.82, 2.24) is 0 Å². The minimum atomic E-state index is -0.898. The van der Waals surface area contributed by atoms with Gasteiger partial charge in [0, 0.05) is 18.8 Å². The van der Waals surface area contributed by atoms with E-state index < -0.39 is 11.9 Å². The monoisotopic (exact) mass is 474 g/mol. The Morgan fingerprint density at radius 1 is 0.794 bits per heavy atom. The van der Waals surface area contributed by atoms with Gasteiger partial charge >= 0.3 is 5.97 Å². The van der Waals surface area contributed by atoms with Gasteiger partial charge in [-0.2, -0.15) is 0 Å². The quantitative estimate of drug-likeness (QED) is 0.146. The molecule has 0 amide bonds. The van der Waals surface area contributed by atoms with Crippen molar-refractivity contribution in [3.05, 3.63) is 71.0 Å². The molecule has 0 fully saturated rings. The number of methoxy groups -OCH3 is 1. The second-order valence-electron chi connectivity index (χ2n) is 7.83. The molecule has 1 atom stereocenters. The van der Waals surface area contributed by atoms with Crippen LogP contribution >= 0.6 is 0 Å². The van der Waals surface area contributed by atoms with Crippen LogP contribution in [0.5, 0.6) is 0 Å². The Morgan fingerprint density at radius 3 is 1.97 bits per heavy atom. The van der Waals surface area contributed by atoms with E-state index in [9.17, 15) is 14.0 Å². The van der Waals surface area contributed by atoms with Crippen molar-refractivity contribution in [2.24, 2.45) is 5.92 Å². The van der Waals surface area contributed by atoms with E-state index in [-0.39, 0.29) is 11.6 Å². The molecule has 0 aliphatic rings. The topological polar surface area (TPSA) is 71.1 Å². The molecule has 6 nitrogen and oxygen atoms in total. The van der Waals surface area contributed by atoms with Crippen molar-refractivity contribution >= 4 is 11.8 Å². The highest BCUT2D eigenvalue weighted by atomic mass is 19.1. The lowest BCUT2D eigenvalue weighted by atomic mass is 9.91. The molecule has 0 aliphatic heterocycles. The number of ether oxygens (including phenoxy) is 4. The van der Waals surface area contributed by atoms with E-state index in [1.807, 2.05) is 19.1 Å². The van der Waals surface area contributed by atoms with Crippen molar-refractivity contribution in [1.29, 1.82) is 0 Å². The van der Waals surface area contributed by atoms with E-state index in [0.717, 1.165) is 24.0 Å². The lowest BCUT2D eigenvalue weighted by molar-refractivity contribution is -0.143. The van der Waals surface area contributed by atoms with Crippen LogP contribution in [-0.2, 0) is 36.6 Å². The maximum Gasteiger partial charge on any atom is 0.316 e. The van der Waals surface area contributed by atoms with Crippen molar-refractivity contribution in [2.75, 3.05) is 46.8 Å². The van der Waals surface area contributed by atoms with Gasteiger partial charge in [-0.1, -0.05) is 36.4 Å². The molecule has 0 heterocycles. The first-order chi connectivity index (χ1) is 16.5. The molecule has 34 heavy (non-hydrogen) atoms. The summed E-state index contributed by atoms with van der Waals surface area (Å²) in [6.45, 7) is 5.54. The molecule has 2 aromatic carbocycles. The number of aryl methyl sites for hydroxylation is 2. The number of carbonyl (C=O) groups is 2. The highest BCUT2D eigenvalue weighted by molar-refractivity contribution is 6.08. The van der Waals surface area contributed by atoms with Crippen LogP contribution in [0.15, 0.2) is 48.5 Å². The Bertz CT molecular complexity index is 850. The van der Waals surface area contributed by atoms with E-state index in [1.165, 1.54) is 19.2 Å². The maximum atomic E-state index is 13.1. The number of hydrogen-bond acceptors (Lipinski definition) is 6. The van der Waals surface area contributed by atoms with Gasteiger partial charge in [-0.25, -0.2) is 4.39 Å². The summed E-state index contributed by atoms with van der Waals surface area (Å²) in [6, 6.07) is 13.3. The minimum absolute atomic E-state index is 0.270. The predicted octanol–water partition coefficient (Wildman–Crippen LogP) is 4.43. The average molecular weight is 475 g/mol. The maximum absolute atomic E-state index is 13.1. The predicted molar refractivity (Wildman–Crippen MR) is 127 cm³/mol. The van der Waals surface area contributed by atoms with Crippen molar-refractivity contribution in [3.63, 3.8) is 0 Å². The molecular weight excluding hydrogens is 439 g/mol. The third-order valence-electron chi connectivity index (χ3n) is 5.38. The fourth-order valence-electron chi connectivity index (χ4n) is 3.46. The molecule has 186 valence electrons. The fraction of sp³-hybridized carbons (Fsp3) is 0.481.